The molecule has 3 aromatic rings. The van der Waals surface area contributed by atoms with Gasteiger partial charge in [-0.2, -0.15) is 0 Å². The van der Waals surface area contributed by atoms with E-state index < -0.39 is 23.1 Å². The molecule has 2 aromatic carbocycles. The summed E-state index contributed by atoms with van der Waals surface area (Å²) in [5, 5.41) is 3.40. The molecule has 0 fully saturated rings. The fourth-order valence-corrected chi connectivity index (χ4v) is 3.24. The number of benzene rings is 2. The molecule has 8 heteroatoms. The van der Waals surface area contributed by atoms with E-state index in [1.165, 1.54) is 28.8 Å². The molecule has 6 nitrogen and oxygen atoms in total. The molecule has 0 aliphatic heterocycles. The van der Waals surface area contributed by atoms with E-state index in [1.54, 1.807) is 13.0 Å². The zero-order valence-electron chi connectivity index (χ0n) is 16.3. The third-order valence-corrected chi connectivity index (χ3v) is 5.14. The van der Waals surface area contributed by atoms with E-state index in [4.69, 9.17) is 11.6 Å². The van der Waals surface area contributed by atoms with Gasteiger partial charge in [0, 0.05) is 11.1 Å². The van der Waals surface area contributed by atoms with Crippen molar-refractivity contribution in [3.63, 3.8) is 0 Å². The van der Waals surface area contributed by atoms with Gasteiger partial charge in [0.2, 0.25) is 5.91 Å². The van der Waals surface area contributed by atoms with Crippen LogP contribution in [-0.4, -0.2) is 21.1 Å². The van der Waals surface area contributed by atoms with Gasteiger partial charge < -0.3 is 5.32 Å². The van der Waals surface area contributed by atoms with Gasteiger partial charge in [-0.3, -0.25) is 14.2 Å². The van der Waals surface area contributed by atoms with E-state index in [-0.39, 0.29) is 28.5 Å². The number of carbonyl (C=O) groups is 1. The molecule has 0 spiro atoms. The minimum Gasteiger partial charge on any atom is -0.352 e. The number of carbonyl (C=O) groups excluding carboxylic acids is 1. The molecule has 0 aliphatic rings. The van der Waals surface area contributed by atoms with Gasteiger partial charge >= 0.3 is 5.69 Å². The third kappa shape index (κ3) is 3.96. The molecule has 2 atom stereocenters. The first kappa shape index (κ1) is 20.8. The molecule has 3 rings (SSSR count). The Bertz CT molecular complexity index is 1180. The van der Waals surface area contributed by atoms with Gasteiger partial charge in [-0.1, -0.05) is 18.5 Å². The summed E-state index contributed by atoms with van der Waals surface area (Å²) in [5.74, 6) is -0.844. The molecule has 0 aliphatic carbocycles. The van der Waals surface area contributed by atoms with Crippen molar-refractivity contribution < 1.29 is 9.18 Å². The maximum atomic E-state index is 13.3. The summed E-state index contributed by atoms with van der Waals surface area (Å²) in [7, 11) is 0. The van der Waals surface area contributed by atoms with Crippen molar-refractivity contribution in [1.82, 2.24) is 14.5 Å². The van der Waals surface area contributed by atoms with Crippen LogP contribution >= 0.6 is 11.6 Å². The number of rotatable bonds is 5. The predicted molar refractivity (Wildman–Crippen MR) is 111 cm³/mol. The van der Waals surface area contributed by atoms with Gasteiger partial charge in [0.25, 0.3) is 5.56 Å². The van der Waals surface area contributed by atoms with Crippen molar-refractivity contribution >= 4 is 28.4 Å². The quantitative estimate of drug-likeness (QED) is 0.691. The summed E-state index contributed by atoms with van der Waals surface area (Å²) in [6.07, 6.45) is 0.731. The van der Waals surface area contributed by atoms with Crippen LogP contribution in [-0.2, 0) is 4.79 Å². The number of nitrogens with one attached hydrogen (secondary N) is 1. The zero-order chi connectivity index (χ0) is 21.3. The molecule has 0 bridgehead atoms. The largest absolute Gasteiger partial charge is 0.352 e. The van der Waals surface area contributed by atoms with Crippen LogP contribution in [0.5, 0.6) is 0 Å². The number of fused-ring (bicyclic) bond motifs is 1. The highest BCUT2D eigenvalue weighted by Gasteiger charge is 2.23. The Morgan fingerprint density at radius 1 is 1.14 bits per heavy atom. The number of hydrogen-bond donors (Lipinski definition) is 1. The van der Waals surface area contributed by atoms with Crippen LogP contribution in [0.15, 0.2) is 52.1 Å². The lowest BCUT2D eigenvalue weighted by atomic mass is 10.2. The van der Waals surface area contributed by atoms with Crippen LogP contribution in [0.2, 0.25) is 5.02 Å². The fraction of sp³-hybridized carbons (Fsp3) is 0.286. The van der Waals surface area contributed by atoms with Crippen LogP contribution in [0.25, 0.3) is 16.6 Å². The molecular formula is C21H21ClFN3O3. The lowest BCUT2D eigenvalue weighted by molar-refractivity contribution is -0.124. The second-order valence-electron chi connectivity index (χ2n) is 6.92. The summed E-state index contributed by atoms with van der Waals surface area (Å²) in [6.45, 7) is 5.38. The van der Waals surface area contributed by atoms with Gasteiger partial charge in [0.05, 0.1) is 16.6 Å². The molecule has 152 valence electrons. The average Bonchev–Trinajstić information content (AvgIpc) is 2.69. The van der Waals surface area contributed by atoms with E-state index in [1.807, 2.05) is 13.8 Å². The second kappa shape index (κ2) is 8.21. The van der Waals surface area contributed by atoms with Crippen molar-refractivity contribution in [2.45, 2.75) is 39.3 Å². The van der Waals surface area contributed by atoms with Crippen LogP contribution < -0.4 is 16.6 Å². The standard InChI is InChI=1S/C21H21ClFN3O3/c1-4-12(2)24-19(27)13(3)25-18-11-14(22)5-10-17(18)20(28)26(21(25)29)16-8-6-15(23)7-9-16/h5-13H,4H2,1-3H3,(H,24,27)/t12-,13-/m0/s1. The van der Waals surface area contributed by atoms with Crippen molar-refractivity contribution in [2.75, 3.05) is 0 Å². The van der Waals surface area contributed by atoms with Gasteiger partial charge in [-0.15, -0.1) is 0 Å². The highest BCUT2D eigenvalue weighted by molar-refractivity contribution is 6.31. The third-order valence-electron chi connectivity index (χ3n) is 4.90. The van der Waals surface area contributed by atoms with E-state index in [9.17, 15) is 18.8 Å². The normalized spacial score (nSPS) is 13.3. The van der Waals surface area contributed by atoms with Crippen LogP contribution in [0.1, 0.15) is 33.2 Å². The van der Waals surface area contributed by atoms with Crippen molar-refractivity contribution in [3.05, 3.63) is 74.1 Å². The number of aromatic nitrogens is 2. The highest BCUT2D eigenvalue weighted by atomic mass is 35.5. The van der Waals surface area contributed by atoms with Crippen molar-refractivity contribution in [2.24, 2.45) is 0 Å². The smallest absolute Gasteiger partial charge is 0.336 e. The monoisotopic (exact) mass is 417 g/mol. The van der Waals surface area contributed by atoms with E-state index in [0.717, 1.165) is 23.1 Å². The molecule has 0 saturated carbocycles. The Morgan fingerprint density at radius 3 is 2.41 bits per heavy atom. The van der Waals surface area contributed by atoms with Crippen LogP contribution in [0.4, 0.5) is 4.39 Å². The number of nitrogens with zero attached hydrogens (tertiary/aromatic N) is 2. The summed E-state index contributed by atoms with van der Waals surface area (Å²) < 4.78 is 15.5. The Labute approximate surface area is 171 Å². The Kier molecular flexibility index (Phi) is 5.88. The highest BCUT2D eigenvalue weighted by Crippen LogP contribution is 2.20. The molecule has 1 N–H and O–H groups in total. The Morgan fingerprint density at radius 2 is 1.79 bits per heavy atom. The van der Waals surface area contributed by atoms with E-state index in [0.29, 0.717) is 5.02 Å². The summed E-state index contributed by atoms with van der Waals surface area (Å²) >= 11 is 6.09. The first-order chi connectivity index (χ1) is 13.7. The van der Waals surface area contributed by atoms with Gasteiger partial charge in [0.1, 0.15) is 11.9 Å². The molecule has 1 heterocycles. The summed E-state index contributed by atoms with van der Waals surface area (Å²) in [5.41, 5.74) is -0.804. The van der Waals surface area contributed by atoms with E-state index in [2.05, 4.69) is 5.32 Å². The first-order valence-electron chi connectivity index (χ1n) is 9.27. The molecule has 1 aromatic heterocycles. The molecule has 1 amide bonds. The van der Waals surface area contributed by atoms with Crippen molar-refractivity contribution in [1.29, 1.82) is 0 Å². The van der Waals surface area contributed by atoms with Gasteiger partial charge in [0.15, 0.2) is 0 Å². The zero-order valence-corrected chi connectivity index (χ0v) is 17.0. The van der Waals surface area contributed by atoms with Crippen LogP contribution in [0, 0.1) is 5.82 Å². The topological polar surface area (TPSA) is 73.1 Å². The second-order valence-corrected chi connectivity index (χ2v) is 7.36. The van der Waals surface area contributed by atoms with Crippen molar-refractivity contribution in [3.8, 4) is 5.69 Å². The average molecular weight is 418 g/mol. The predicted octanol–water partition coefficient (Wildman–Crippen LogP) is 3.42. The summed E-state index contributed by atoms with van der Waals surface area (Å²) in [4.78, 5) is 39.1. The van der Waals surface area contributed by atoms with Gasteiger partial charge in [-0.05, 0) is 62.7 Å². The Hall–Kier alpha value is -2.93. The minimum atomic E-state index is -0.898. The fourth-order valence-electron chi connectivity index (χ4n) is 3.08. The maximum absolute atomic E-state index is 13.3. The minimum absolute atomic E-state index is 0.0708. The number of hydrogen-bond acceptors (Lipinski definition) is 3. The van der Waals surface area contributed by atoms with Gasteiger partial charge in [-0.25, -0.2) is 13.8 Å². The lowest BCUT2D eigenvalue weighted by Gasteiger charge is -2.21. The number of halogens is 2. The van der Waals surface area contributed by atoms with Crippen LogP contribution in [0.3, 0.4) is 0 Å². The molecular weight excluding hydrogens is 397 g/mol. The maximum Gasteiger partial charge on any atom is 0.336 e. The molecule has 0 radical (unpaired) electrons. The lowest BCUT2D eigenvalue weighted by Crippen LogP contribution is -2.45. The van der Waals surface area contributed by atoms with E-state index >= 15 is 0 Å². The summed E-state index contributed by atoms with van der Waals surface area (Å²) in [6, 6.07) is 8.58. The number of amides is 1. The SMILES string of the molecule is CC[C@H](C)NC(=O)[C@H](C)n1c(=O)n(-c2ccc(F)cc2)c(=O)c2ccc(Cl)cc21. The molecule has 0 saturated heterocycles. The molecule has 0 unspecified atom stereocenters. The Balaban J connectivity index is 2.31. The first-order valence-corrected chi connectivity index (χ1v) is 9.65. The molecule has 29 heavy (non-hydrogen) atoms.